The van der Waals surface area contributed by atoms with E-state index in [4.69, 9.17) is 16.3 Å². The highest BCUT2D eigenvalue weighted by Gasteiger charge is 2.31. The van der Waals surface area contributed by atoms with Crippen molar-refractivity contribution in [3.05, 3.63) is 17.3 Å². The van der Waals surface area contributed by atoms with Crippen molar-refractivity contribution < 1.29 is 9.53 Å². The lowest BCUT2D eigenvalue weighted by atomic mass is 10.2. The summed E-state index contributed by atoms with van der Waals surface area (Å²) in [5.41, 5.74) is -0.477. The zero-order chi connectivity index (χ0) is 15.6. The first-order chi connectivity index (χ1) is 9.76. The summed E-state index contributed by atoms with van der Waals surface area (Å²) in [5.74, 6) is 0.773. The van der Waals surface area contributed by atoms with Crippen molar-refractivity contribution >= 4 is 23.5 Å². The third-order valence-electron chi connectivity index (χ3n) is 3.20. The molecule has 0 radical (unpaired) electrons. The van der Waals surface area contributed by atoms with Gasteiger partial charge in [-0.25, -0.2) is 4.79 Å². The van der Waals surface area contributed by atoms with E-state index in [1.54, 1.807) is 11.0 Å². The summed E-state index contributed by atoms with van der Waals surface area (Å²) >= 11 is 5.74. The van der Waals surface area contributed by atoms with Crippen LogP contribution in [0.5, 0.6) is 0 Å². The quantitative estimate of drug-likeness (QED) is 0.797. The monoisotopic (exact) mass is 312 g/mol. The maximum atomic E-state index is 12.2. The van der Waals surface area contributed by atoms with Crippen LogP contribution in [-0.4, -0.2) is 52.5 Å². The second-order valence-corrected chi connectivity index (χ2v) is 6.57. The first kappa shape index (κ1) is 15.8. The number of rotatable bonds is 1. The van der Waals surface area contributed by atoms with E-state index >= 15 is 0 Å². The molecule has 1 aliphatic rings. The molecule has 0 spiro atoms. The fourth-order valence-corrected chi connectivity index (χ4v) is 2.34. The smallest absolute Gasteiger partial charge is 0.410 e. The Morgan fingerprint density at radius 2 is 2.05 bits per heavy atom. The minimum atomic E-state index is -0.477. The van der Waals surface area contributed by atoms with Crippen LogP contribution in [0, 0.1) is 0 Å². The van der Waals surface area contributed by atoms with Gasteiger partial charge < -0.3 is 14.5 Å². The van der Waals surface area contributed by atoms with E-state index in [9.17, 15) is 4.79 Å². The largest absolute Gasteiger partial charge is 0.444 e. The molecule has 116 valence electrons. The normalized spacial score (nSPS) is 19.6. The molecule has 21 heavy (non-hydrogen) atoms. The molecule has 2 heterocycles. The lowest BCUT2D eigenvalue weighted by Gasteiger charge is -2.40. The molecule has 7 heteroatoms. The van der Waals surface area contributed by atoms with Gasteiger partial charge in [0.15, 0.2) is 11.0 Å². The fraction of sp³-hybridized carbons (Fsp3) is 0.643. The van der Waals surface area contributed by atoms with Crippen LogP contribution in [0.1, 0.15) is 27.7 Å². The molecule has 1 aromatic heterocycles. The molecule has 1 saturated heterocycles. The lowest BCUT2D eigenvalue weighted by molar-refractivity contribution is 0.0158. The Labute approximate surface area is 130 Å². The van der Waals surface area contributed by atoms with Crippen LogP contribution in [0.25, 0.3) is 0 Å². The van der Waals surface area contributed by atoms with E-state index in [0.29, 0.717) is 24.8 Å². The molecule has 2 rings (SSSR count). The lowest BCUT2D eigenvalue weighted by Crippen LogP contribution is -2.55. The second-order valence-electron chi connectivity index (χ2n) is 6.18. The van der Waals surface area contributed by atoms with Gasteiger partial charge in [0, 0.05) is 25.7 Å². The summed E-state index contributed by atoms with van der Waals surface area (Å²) in [7, 11) is 0. The number of halogens is 1. The van der Waals surface area contributed by atoms with Crippen LogP contribution in [0.4, 0.5) is 10.6 Å². The van der Waals surface area contributed by atoms with Gasteiger partial charge in [0.2, 0.25) is 0 Å². The Hall–Kier alpha value is -1.56. The molecular formula is C14H21ClN4O2. The van der Waals surface area contributed by atoms with Crippen molar-refractivity contribution in [2.24, 2.45) is 0 Å². The van der Waals surface area contributed by atoms with Crippen molar-refractivity contribution in [1.29, 1.82) is 0 Å². The topological polar surface area (TPSA) is 58.6 Å². The van der Waals surface area contributed by atoms with Crippen LogP contribution in [0.3, 0.4) is 0 Å². The van der Waals surface area contributed by atoms with E-state index in [-0.39, 0.29) is 12.1 Å². The molecule has 1 aromatic rings. The van der Waals surface area contributed by atoms with Gasteiger partial charge in [0.25, 0.3) is 0 Å². The summed E-state index contributed by atoms with van der Waals surface area (Å²) in [4.78, 5) is 16.0. The van der Waals surface area contributed by atoms with Crippen LogP contribution in [-0.2, 0) is 4.74 Å². The van der Waals surface area contributed by atoms with Gasteiger partial charge in [-0.05, 0) is 39.8 Å². The molecule has 0 aliphatic carbocycles. The SMILES string of the molecule is C[C@@H]1CN(c2ccc(Cl)nn2)CCN1C(=O)OC(C)(C)C. The molecular weight excluding hydrogens is 292 g/mol. The van der Waals surface area contributed by atoms with Gasteiger partial charge in [-0.1, -0.05) is 11.6 Å². The molecule has 6 nitrogen and oxygen atoms in total. The summed E-state index contributed by atoms with van der Waals surface area (Å²) in [6.45, 7) is 9.59. The molecule has 1 aliphatic heterocycles. The van der Waals surface area contributed by atoms with E-state index in [1.165, 1.54) is 0 Å². The number of hydrogen-bond acceptors (Lipinski definition) is 5. The first-order valence-corrected chi connectivity index (χ1v) is 7.38. The fourth-order valence-electron chi connectivity index (χ4n) is 2.24. The zero-order valence-electron chi connectivity index (χ0n) is 12.8. The standard InChI is InChI=1S/C14H21ClN4O2/c1-10-9-18(12-6-5-11(15)16-17-12)7-8-19(10)13(20)21-14(2,3)4/h5-6,10H,7-9H2,1-4H3/t10-/m1/s1. The van der Waals surface area contributed by atoms with Crippen LogP contribution < -0.4 is 4.90 Å². The number of amides is 1. The van der Waals surface area contributed by atoms with Gasteiger partial charge in [-0.15, -0.1) is 10.2 Å². The molecule has 0 saturated carbocycles. The van der Waals surface area contributed by atoms with Gasteiger partial charge in [-0.3, -0.25) is 0 Å². The van der Waals surface area contributed by atoms with Crippen LogP contribution in [0.15, 0.2) is 12.1 Å². The van der Waals surface area contributed by atoms with Crippen molar-refractivity contribution in [3.8, 4) is 0 Å². The maximum Gasteiger partial charge on any atom is 0.410 e. The average Bonchev–Trinajstić information content (AvgIpc) is 2.37. The van der Waals surface area contributed by atoms with Crippen LogP contribution >= 0.6 is 11.6 Å². The Balaban J connectivity index is 1.99. The summed E-state index contributed by atoms with van der Waals surface area (Å²) in [6, 6.07) is 3.60. The highest BCUT2D eigenvalue weighted by molar-refractivity contribution is 6.29. The number of anilines is 1. The van der Waals surface area contributed by atoms with E-state index in [0.717, 1.165) is 5.82 Å². The Kier molecular flexibility index (Phi) is 4.56. The van der Waals surface area contributed by atoms with E-state index < -0.39 is 5.60 Å². The van der Waals surface area contributed by atoms with Gasteiger partial charge in [-0.2, -0.15) is 0 Å². The van der Waals surface area contributed by atoms with E-state index in [1.807, 2.05) is 33.8 Å². The molecule has 0 aromatic carbocycles. The number of piperazine rings is 1. The van der Waals surface area contributed by atoms with Crippen LogP contribution in [0.2, 0.25) is 5.15 Å². The highest BCUT2D eigenvalue weighted by Crippen LogP contribution is 2.19. The molecule has 0 unspecified atom stereocenters. The third kappa shape index (κ3) is 4.20. The van der Waals surface area contributed by atoms with Gasteiger partial charge >= 0.3 is 6.09 Å². The summed E-state index contributed by atoms with van der Waals surface area (Å²) < 4.78 is 5.43. The van der Waals surface area contributed by atoms with Crippen molar-refractivity contribution in [1.82, 2.24) is 15.1 Å². The van der Waals surface area contributed by atoms with Crippen molar-refractivity contribution in [3.63, 3.8) is 0 Å². The van der Waals surface area contributed by atoms with Crippen molar-refractivity contribution in [2.45, 2.75) is 39.3 Å². The number of ether oxygens (including phenoxy) is 1. The summed E-state index contributed by atoms with van der Waals surface area (Å²) in [5, 5.41) is 8.30. The number of nitrogens with zero attached hydrogens (tertiary/aromatic N) is 4. The number of hydrogen-bond donors (Lipinski definition) is 0. The number of carbonyl (C=O) groups is 1. The Bertz CT molecular complexity index is 501. The Morgan fingerprint density at radius 1 is 1.33 bits per heavy atom. The molecule has 0 bridgehead atoms. The molecule has 1 amide bonds. The third-order valence-corrected chi connectivity index (χ3v) is 3.40. The summed E-state index contributed by atoms with van der Waals surface area (Å²) in [6.07, 6.45) is -0.267. The minimum Gasteiger partial charge on any atom is -0.444 e. The maximum absolute atomic E-state index is 12.2. The Morgan fingerprint density at radius 3 is 2.57 bits per heavy atom. The number of aromatic nitrogens is 2. The predicted octanol–water partition coefficient (Wildman–Crippen LogP) is 2.58. The predicted molar refractivity (Wildman–Crippen MR) is 81.7 cm³/mol. The average molecular weight is 313 g/mol. The van der Waals surface area contributed by atoms with Gasteiger partial charge in [0.05, 0.1) is 0 Å². The molecule has 0 N–H and O–H groups in total. The molecule has 1 atom stereocenters. The van der Waals surface area contributed by atoms with Gasteiger partial charge in [0.1, 0.15) is 5.60 Å². The van der Waals surface area contributed by atoms with E-state index in [2.05, 4.69) is 15.1 Å². The second kappa shape index (κ2) is 6.05. The van der Waals surface area contributed by atoms with Crippen molar-refractivity contribution in [2.75, 3.05) is 24.5 Å². The highest BCUT2D eigenvalue weighted by atomic mass is 35.5. The first-order valence-electron chi connectivity index (χ1n) is 7.00. The zero-order valence-corrected chi connectivity index (χ0v) is 13.6. The minimum absolute atomic E-state index is 0.0473. The molecule has 1 fully saturated rings. The number of carbonyl (C=O) groups excluding carboxylic acids is 1.